The van der Waals surface area contributed by atoms with Crippen LogP contribution in [0.2, 0.25) is 10.0 Å². The van der Waals surface area contributed by atoms with Crippen molar-refractivity contribution in [2.75, 3.05) is 19.1 Å². The van der Waals surface area contributed by atoms with Gasteiger partial charge in [0.1, 0.15) is 17.3 Å². The van der Waals surface area contributed by atoms with Gasteiger partial charge >= 0.3 is 0 Å². The van der Waals surface area contributed by atoms with Crippen LogP contribution in [0.25, 0.3) is 5.76 Å². The number of para-hydroxylation sites is 2. The van der Waals surface area contributed by atoms with E-state index in [0.717, 1.165) is 0 Å². The van der Waals surface area contributed by atoms with Gasteiger partial charge in [-0.25, -0.2) is 0 Å². The van der Waals surface area contributed by atoms with Crippen LogP contribution in [0.1, 0.15) is 17.2 Å². The Morgan fingerprint density at radius 1 is 1.03 bits per heavy atom. The fourth-order valence-electron chi connectivity index (χ4n) is 3.86. The number of benzene rings is 2. The van der Waals surface area contributed by atoms with Gasteiger partial charge in [-0.05, 0) is 42.0 Å². The summed E-state index contributed by atoms with van der Waals surface area (Å²) in [5, 5.41) is 11.7. The molecule has 1 N–H and O–H groups in total. The highest BCUT2D eigenvalue weighted by molar-refractivity contribution is 6.52. The Hall–Kier alpha value is -3.55. The highest BCUT2D eigenvalue weighted by Gasteiger charge is 2.48. The predicted octanol–water partition coefficient (Wildman–Crippen LogP) is 5.03. The Morgan fingerprint density at radius 2 is 1.73 bits per heavy atom. The molecule has 0 aliphatic carbocycles. The van der Waals surface area contributed by atoms with Crippen LogP contribution in [0.3, 0.4) is 0 Å². The lowest BCUT2D eigenvalue weighted by Gasteiger charge is -2.26. The number of carbonyl (C=O) groups excluding carboxylic acids is 2. The lowest BCUT2D eigenvalue weighted by molar-refractivity contribution is -0.132. The fraction of sp³-hybridized carbons (Fsp3) is 0.125. The molecule has 168 valence electrons. The number of ketones is 1. The molecule has 0 saturated carbocycles. The third-order valence-electron chi connectivity index (χ3n) is 5.28. The first-order chi connectivity index (χ1) is 15.9. The zero-order chi connectivity index (χ0) is 23.7. The number of halogens is 2. The topological polar surface area (TPSA) is 89.0 Å². The smallest absolute Gasteiger partial charge is 0.300 e. The summed E-state index contributed by atoms with van der Waals surface area (Å²) in [6.07, 6.45) is 3.07. The third kappa shape index (κ3) is 3.90. The maximum Gasteiger partial charge on any atom is 0.300 e. The van der Waals surface area contributed by atoms with Crippen LogP contribution in [0.15, 0.2) is 66.5 Å². The Morgan fingerprint density at radius 3 is 2.39 bits per heavy atom. The minimum atomic E-state index is -0.966. The van der Waals surface area contributed by atoms with Gasteiger partial charge < -0.3 is 14.6 Å². The van der Waals surface area contributed by atoms with Crippen LogP contribution in [-0.2, 0) is 9.59 Å². The van der Waals surface area contributed by atoms with Crippen LogP contribution in [0.4, 0.5) is 5.69 Å². The van der Waals surface area contributed by atoms with Crippen molar-refractivity contribution in [2.24, 2.45) is 0 Å². The highest BCUT2D eigenvalue weighted by atomic mass is 35.5. The number of hydrogen-bond donors (Lipinski definition) is 1. The van der Waals surface area contributed by atoms with E-state index < -0.39 is 23.5 Å². The van der Waals surface area contributed by atoms with E-state index >= 15 is 0 Å². The first kappa shape index (κ1) is 22.6. The maximum absolute atomic E-state index is 13.3. The number of amides is 1. The molecule has 2 aromatic carbocycles. The quantitative estimate of drug-likeness (QED) is 0.310. The number of hydrogen-bond acceptors (Lipinski definition) is 6. The molecule has 0 spiro atoms. The lowest BCUT2D eigenvalue weighted by atomic mass is 9.95. The molecule has 1 saturated heterocycles. The number of pyridine rings is 1. The molecule has 1 aliphatic heterocycles. The van der Waals surface area contributed by atoms with Gasteiger partial charge in [0, 0.05) is 17.4 Å². The van der Waals surface area contributed by atoms with Gasteiger partial charge in [0.15, 0.2) is 0 Å². The Kier molecular flexibility index (Phi) is 6.26. The van der Waals surface area contributed by atoms with Crippen molar-refractivity contribution in [1.82, 2.24) is 4.98 Å². The molecular formula is C24H18Cl2N2O5. The first-order valence-corrected chi connectivity index (χ1v) is 10.5. The van der Waals surface area contributed by atoms with Crippen molar-refractivity contribution < 1.29 is 24.2 Å². The molecule has 7 nitrogen and oxygen atoms in total. The number of Topliss-reactive ketones (excluding diaryl/α,β-unsaturated/α-hetero) is 1. The van der Waals surface area contributed by atoms with Crippen LogP contribution in [0, 0.1) is 0 Å². The van der Waals surface area contributed by atoms with Gasteiger partial charge in [-0.2, -0.15) is 0 Å². The van der Waals surface area contributed by atoms with E-state index in [9.17, 15) is 14.7 Å². The number of ether oxygens (including phenoxy) is 2. The highest BCUT2D eigenvalue weighted by Crippen LogP contribution is 2.46. The van der Waals surface area contributed by atoms with Crippen molar-refractivity contribution in [3.8, 4) is 11.5 Å². The molecule has 33 heavy (non-hydrogen) atoms. The molecule has 1 aliphatic rings. The molecule has 1 atom stereocenters. The average Bonchev–Trinajstić information content (AvgIpc) is 3.09. The standard InChI is InChI=1S/C24H18Cl2N2O5/c1-32-18-6-4-3-5-17(18)28-20(13-7-9-27-10-8-13)19(22(30)24(28)31)21(29)15-11-14(25)12-16(26)23(15)33-2/h3-12,20,29H,1-2H3/b21-19+. The first-order valence-electron chi connectivity index (χ1n) is 9.76. The van der Waals surface area contributed by atoms with Crippen molar-refractivity contribution >= 4 is 46.3 Å². The zero-order valence-electron chi connectivity index (χ0n) is 17.6. The van der Waals surface area contributed by atoms with E-state index in [-0.39, 0.29) is 26.9 Å². The molecule has 1 unspecified atom stereocenters. The summed E-state index contributed by atoms with van der Waals surface area (Å²) in [4.78, 5) is 31.9. The number of nitrogens with zero attached hydrogens (tertiary/aromatic N) is 2. The Bertz CT molecular complexity index is 1280. The van der Waals surface area contributed by atoms with Crippen LogP contribution < -0.4 is 14.4 Å². The molecule has 1 fully saturated rings. The summed E-state index contributed by atoms with van der Waals surface area (Å²) in [6, 6.07) is 12.0. The molecule has 0 radical (unpaired) electrons. The molecule has 1 amide bonds. The van der Waals surface area contributed by atoms with Gasteiger partial charge in [0.2, 0.25) is 0 Å². The van der Waals surface area contributed by atoms with E-state index in [1.165, 1.54) is 43.6 Å². The normalized spacial score (nSPS) is 17.3. The lowest BCUT2D eigenvalue weighted by Crippen LogP contribution is -2.29. The van der Waals surface area contributed by atoms with Crippen LogP contribution >= 0.6 is 23.2 Å². The van der Waals surface area contributed by atoms with E-state index in [2.05, 4.69) is 4.98 Å². The van der Waals surface area contributed by atoms with Crippen molar-refractivity contribution in [1.29, 1.82) is 0 Å². The number of aromatic nitrogens is 1. The molecule has 0 bridgehead atoms. The molecule has 3 aromatic rings. The van der Waals surface area contributed by atoms with Crippen LogP contribution in [0.5, 0.6) is 11.5 Å². The van der Waals surface area contributed by atoms with Gasteiger partial charge in [-0.1, -0.05) is 35.3 Å². The number of carbonyl (C=O) groups is 2. The molecule has 9 heteroatoms. The summed E-state index contributed by atoms with van der Waals surface area (Å²) in [6.45, 7) is 0. The van der Waals surface area contributed by atoms with Gasteiger partial charge in [-0.3, -0.25) is 19.5 Å². The van der Waals surface area contributed by atoms with Gasteiger partial charge in [-0.15, -0.1) is 0 Å². The van der Waals surface area contributed by atoms with E-state index in [1.54, 1.807) is 36.4 Å². The fourth-order valence-corrected chi connectivity index (χ4v) is 4.43. The molecule has 1 aromatic heterocycles. The summed E-state index contributed by atoms with van der Waals surface area (Å²) >= 11 is 12.4. The average molecular weight is 485 g/mol. The second-order valence-electron chi connectivity index (χ2n) is 7.09. The summed E-state index contributed by atoms with van der Waals surface area (Å²) < 4.78 is 10.8. The van der Waals surface area contributed by atoms with Crippen LogP contribution in [-0.4, -0.2) is 36.0 Å². The van der Waals surface area contributed by atoms with Crippen molar-refractivity contribution in [2.45, 2.75) is 6.04 Å². The summed E-state index contributed by atoms with van der Waals surface area (Å²) in [7, 11) is 2.84. The summed E-state index contributed by atoms with van der Waals surface area (Å²) in [5.41, 5.74) is 0.878. The minimum absolute atomic E-state index is 0.0899. The molecule has 4 rings (SSSR count). The second kappa shape index (κ2) is 9.13. The van der Waals surface area contributed by atoms with Crippen molar-refractivity contribution in [3.05, 3.63) is 87.7 Å². The Labute approximate surface area is 199 Å². The zero-order valence-corrected chi connectivity index (χ0v) is 19.1. The number of aliphatic hydroxyl groups is 1. The SMILES string of the molecule is COc1ccccc1N1C(=O)C(=O)/C(=C(/O)c2cc(Cl)cc(Cl)c2OC)C1c1ccncc1. The van der Waals surface area contributed by atoms with E-state index in [0.29, 0.717) is 17.0 Å². The number of rotatable bonds is 5. The summed E-state index contributed by atoms with van der Waals surface area (Å²) in [5.74, 6) is -1.65. The number of aliphatic hydroxyl groups excluding tert-OH is 1. The Balaban J connectivity index is 2.02. The van der Waals surface area contributed by atoms with Gasteiger partial charge in [0.25, 0.3) is 11.7 Å². The third-order valence-corrected chi connectivity index (χ3v) is 5.78. The largest absolute Gasteiger partial charge is 0.507 e. The number of methoxy groups -OCH3 is 2. The minimum Gasteiger partial charge on any atom is -0.507 e. The van der Waals surface area contributed by atoms with E-state index in [1.807, 2.05) is 0 Å². The monoisotopic (exact) mass is 484 g/mol. The predicted molar refractivity (Wildman–Crippen MR) is 125 cm³/mol. The number of anilines is 1. The maximum atomic E-state index is 13.3. The molecular weight excluding hydrogens is 467 g/mol. The van der Waals surface area contributed by atoms with Gasteiger partial charge in [0.05, 0.1) is 42.1 Å². The second-order valence-corrected chi connectivity index (χ2v) is 7.93. The molecule has 2 heterocycles. The van der Waals surface area contributed by atoms with E-state index in [4.69, 9.17) is 32.7 Å². The van der Waals surface area contributed by atoms with Crippen molar-refractivity contribution in [3.63, 3.8) is 0 Å².